The first-order valence-corrected chi connectivity index (χ1v) is 10.2. The number of carboxylic acids is 2. The maximum absolute atomic E-state index is 12.8. The Kier molecular flexibility index (Phi) is 6.14. The summed E-state index contributed by atoms with van der Waals surface area (Å²) in [5.41, 5.74) is 1.32. The van der Waals surface area contributed by atoms with E-state index in [2.05, 4.69) is 0 Å². The van der Waals surface area contributed by atoms with Crippen molar-refractivity contribution in [3.05, 3.63) is 41.3 Å². The standard InChI is InChI=1S/C21H23NO5S/c1-2-18(23)22(15-10-8-14(9-11-15)20(24)25)16-12-17(28-19(16)21(26)27)13-6-4-3-5-7-13/h3-7,12,14-15H,2,8-11H2,1H3,(H,24,25)(H,26,27)/t14-,15-. The van der Waals surface area contributed by atoms with Crippen molar-refractivity contribution in [1.29, 1.82) is 0 Å². The highest BCUT2D eigenvalue weighted by atomic mass is 32.1. The zero-order valence-electron chi connectivity index (χ0n) is 15.6. The van der Waals surface area contributed by atoms with Crippen molar-refractivity contribution in [2.45, 2.75) is 45.1 Å². The summed E-state index contributed by atoms with van der Waals surface area (Å²) in [6.07, 6.45) is 2.35. The van der Waals surface area contributed by atoms with E-state index in [4.69, 9.17) is 0 Å². The summed E-state index contributed by atoms with van der Waals surface area (Å²) in [4.78, 5) is 38.4. The van der Waals surface area contributed by atoms with Crippen LogP contribution in [0.2, 0.25) is 0 Å². The fourth-order valence-electron chi connectivity index (χ4n) is 3.74. The second kappa shape index (κ2) is 8.56. The van der Waals surface area contributed by atoms with E-state index in [-0.39, 0.29) is 23.2 Å². The second-order valence-electron chi connectivity index (χ2n) is 6.96. The van der Waals surface area contributed by atoms with Crippen molar-refractivity contribution in [3.63, 3.8) is 0 Å². The molecule has 1 saturated carbocycles. The summed E-state index contributed by atoms with van der Waals surface area (Å²) in [7, 11) is 0. The number of rotatable bonds is 6. The molecule has 1 amide bonds. The normalized spacial score (nSPS) is 19.2. The molecule has 0 saturated heterocycles. The minimum Gasteiger partial charge on any atom is -0.481 e. The lowest BCUT2D eigenvalue weighted by Gasteiger charge is -2.35. The molecule has 0 atom stereocenters. The van der Waals surface area contributed by atoms with Gasteiger partial charge in [-0.15, -0.1) is 11.3 Å². The van der Waals surface area contributed by atoms with E-state index >= 15 is 0 Å². The van der Waals surface area contributed by atoms with E-state index in [1.807, 2.05) is 30.3 Å². The maximum Gasteiger partial charge on any atom is 0.348 e. The van der Waals surface area contributed by atoms with Crippen LogP contribution in [0.5, 0.6) is 0 Å². The molecule has 6 nitrogen and oxygen atoms in total. The quantitative estimate of drug-likeness (QED) is 0.743. The molecule has 28 heavy (non-hydrogen) atoms. The lowest BCUT2D eigenvalue weighted by molar-refractivity contribution is -0.142. The Morgan fingerprint density at radius 1 is 1.07 bits per heavy atom. The zero-order chi connectivity index (χ0) is 20.3. The van der Waals surface area contributed by atoms with Gasteiger partial charge in [0.2, 0.25) is 5.91 Å². The van der Waals surface area contributed by atoms with Gasteiger partial charge in [0.15, 0.2) is 0 Å². The van der Waals surface area contributed by atoms with Crippen LogP contribution in [-0.2, 0) is 9.59 Å². The third-order valence-electron chi connectivity index (χ3n) is 5.21. The summed E-state index contributed by atoms with van der Waals surface area (Å²) in [5.74, 6) is -2.40. The number of nitrogens with zero attached hydrogens (tertiary/aromatic N) is 1. The van der Waals surface area contributed by atoms with Crippen LogP contribution in [0.15, 0.2) is 36.4 Å². The van der Waals surface area contributed by atoms with Crippen LogP contribution in [-0.4, -0.2) is 34.1 Å². The predicted molar refractivity (Wildman–Crippen MR) is 108 cm³/mol. The van der Waals surface area contributed by atoms with E-state index in [1.54, 1.807) is 17.9 Å². The molecule has 0 aliphatic heterocycles. The number of amides is 1. The van der Waals surface area contributed by atoms with Gasteiger partial charge in [0.05, 0.1) is 11.6 Å². The van der Waals surface area contributed by atoms with Crippen LogP contribution >= 0.6 is 11.3 Å². The Hall–Kier alpha value is -2.67. The first kappa shape index (κ1) is 20.1. The van der Waals surface area contributed by atoms with Crippen LogP contribution in [0, 0.1) is 5.92 Å². The number of carbonyl (C=O) groups excluding carboxylic acids is 1. The molecule has 2 aromatic rings. The van der Waals surface area contributed by atoms with Gasteiger partial charge < -0.3 is 15.1 Å². The van der Waals surface area contributed by atoms with Crippen molar-refractivity contribution in [1.82, 2.24) is 0 Å². The van der Waals surface area contributed by atoms with Crippen molar-refractivity contribution in [2.24, 2.45) is 5.92 Å². The molecule has 1 heterocycles. The van der Waals surface area contributed by atoms with Crippen LogP contribution in [0.4, 0.5) is 5.69 Å². The van der Waals surface area contributed by atoms with Gasteiger partial charge in [-0.05, 0) is 37.3 Å². The van der Waals surface area contributed by atoms with Gasteiger partial charge in [-0.3, -0.25) is 9.59 Å². The topological polar surface area (TPSA) is 94.9 Å². The molecule has 2 N–H and O–H groups in total. The molecule has 0 radical (unpaired) electrons. The maximum atomic E-state index is 12.8. The molecule has 0 unspecified atom stereocenters. The lowest BCUT2D eigenvalue weighted by atomic mass is 9.85. The Labute approximate surface area is 167 Å². The first-order chi connectivity index (χ1) is 13.4. The predicted octanol–water partition coefficient (Wildman–Crippen LogP) is 4.50. The minimum absolute atomic E-state index is 0.140. The number of aliphatic carboxylic acids is 1. The average molecular weight is 401 g/mol. The third-order valence-corrected chi connectivity index (χ3v) is 6.37. The number of hydrogen-bond donors (Lipinski definition) is 2. The van der Waals surface area contributed by atoms with Gasteiger partial charge >= 0.3 is 11.9 Å². The number of anilines is 1. The van der Waals surface area contributed by atoms with Gasteiger partial charge in [0.25, 0.3) is 0 Å². The molecule has 1 fully saturated rings. The third kappa shape index (κ3) is 4.09. The van der Waals surface area contributed by atoms with Gasteiger partial charge in [-0.2, -0.15) is 0 Å². The number of benzene rings is 1. The molecule has 1 aliphatic rings. The molecule has 0 bridgehead atoms. The van der Waals surface area contributed by atoms with Gasteiger partial charge in [0, 0.05) is 17.3 Å². The molecule has 0 spiro atoms. The van der Waals surface area contributed by atoms with Gasteiger partial charge in [0.1, 0.15) is 4.88 Å². The van der Waals surface area contributed by atoms with Crippen LogP contribution in [0.25, 0.3) is 10.4 Å². The monoisotopic (exact) mass is 401 g/mol. The molecule has 3 rings (SSSR count). The highest BCUT2D eigenvalue weighted by Crippen LogP contribution is 2.40. The first-order valence-electron chi connectivity index (χ1n) is 9.39. The summed E-state index contributed by atoms with van der Waals surface area (Å²) in [6.45, 7) is 1.75. The van der Waals surface area contributed by atoms with Crippen molar-refractivity contribution < 1.29 is 24.6 Å². The highest BCUT2D eigenvalue weighted by molar-refractivity contribution is 7.18. The van der Waals surface area contributed by atoms with E-state index in [0.717, 1.165) is 21.8 Å². The Bertz CT molecular complexity index is 868. The van der Waals surface area contributed by atoms with Crippen LogP contribution < -0.4 is 4.90 Å². The van der Waals surface area contributed by atoms with Gasteiger partial charge in [-0.25, -0.2) is 4.79 Å². The minimum atomic E-state index is -1.06. The van der Waals surface area contributed by atoms with E-state index in [1.165, 1.54) is 0 Å². The largest absolute Gasteiger partial charge is 0.481 e. The molecule has 148 valence electrons. The number of thiophene rings is 1. The lowest BCUT2D eigenvalue weighted by Crippen LogP contribution is -2.43. The summed E-state index contributed by atoms with van der Waals surface area (Å²) in [5, 5.41) is 19.0. The van der Waals surface area contributed by atoms with Crippen molar-refractivity contribution >= 4 is 34.9 Å². The SMILES string of the molecule is CCC(=O)N(c1cc(-c2ccccc2)sc1C(=O)O)[C@H]1CC[C@H](C(=O)O)CC1. The highest BCUT2D eigenvalue weighted by Gasteiger charge is 2.34. The van der Waals surface area contributed by atoms with Crippen LogP contribution in [0.3, 0.4) is 0 Å². The number of carbonyl (C=O) groups is 3. The molecule has 7 heteroatoms. The van der Waals surface area contributed by atoms with Crippen molar-refractivity contribution in [3.8, 4) is 10.4 Å². The average Bonchev–Trinajstić information content (AvgIpc) is 3.14. The fourth-order valence-corrected chi connectivity index (χ4v) is 4.74. The molecule has 1 aliphatic carbocycles. The second-order valence-corrected chi connectivity index (χ2v) is 8.01. The Morgan fingerprint density at radius 2 is 1.71 bits per heavy atom. The Morgan fingerprint density at radius 3 is 2.25 bits per heavy atom. The number of carboxylic acid groups (broad SMARTS) is 2. The summed E-state index contributed by atoms with van der Waals surface area (Å²) in [6, 6.07) is 11.1. The summed E-state index contributed by atoms with van der Waals surface area (Å²) >= 11 is 1.16. The Balaban J connectivity index is 1.98. The van der Waals surface area contributed by atoms with Crippen LogP contribution in [0.1, 0.15) is 48.7 Å². The molecular formula is C21H23NO5S. The molecular weight excluding hydrogens is 378 g/mol. The molecule has 1 aromatic carbocycles. The van der Waals surface area contributed by atoms with E-state index < -0.39 is 17.9 Å². The van der Waals surface area contributed by atoms with E-state index in [9.17, 15) is 24.6 Å². The van der Waals surface area contributed by atoms with Gasteiger partial charge in [-0.1, -0.05) is 37.3 Å². The fraction of sp³-hybridized carbons (Fsp3) is 0.381. The zero-order valence-corrected chi connectivity index (χ0v) is 16.4. The smallest absolute Gasteiger partial charge is 0.348 e. The molecule has 1 aromatic heterocycles. The van der Waals surface area contributed by atoms with E-state index in [0.29, 0.717) is 31.4 Å². The summed E-state index contributed by atoms with van der Waals surface area (Å²) < 4.78 is 0. The van der Waals surface area contributed by atoms with Crippen molar-refractivity contribution in [2.75, 3.05) is 4.90 Å². The number of aromatic carboxylic acids is 1. The number of hydrogen-bond acceptors (Lipinski definition) is 4.